The van der Waals surface area contributed by atoms with Gasteiger partial charge in [0.25, 0.3) is 0 Å². The first-order chi connectivity index (χ1) is 9.08. The number of ether oxygens (including phenoxy) is 2. The van der Waals surface area contributed by atoms with Crippen LogP contribution in [0.1, 0.15) is 12.0 Å². The Labute approximate surface area is 126 Å². The molecule has 1 aromatic rings. The van der Waals surface area contributed by atoms with Crippen molar-refractivity contribution in [1.82, 2.24) is 0 Å². The largest absolute Gasteiger partial charge is 0.496 e. The smallest absolute Gasteiger partial charge is 0.322 e. The molecule has 1 rings (SSSR count). The predicted molar refractivity (Wildman–Crippen MR) is 81.5 cm³/mol. The van der Waals surface area contributed by atoms with Gasteiger partial charge in [0.2, 0.25) is 0 Å². The molecule has 0 bridgehead atoms. The number of methoxy groups -OCH3 is 2. The molecule has 0 saturated carbocycles. The SMILES string of the molecule is COC(=O)C(N)CCSCc1cc(Br)ccc1OC. The molecule has 0 aliphatic heterocycles. The van der Waals surface area contributed by atoms with Crippen molar-refractivity contribution >= 4 is 33.7 Å². The summed E-state index contributed by atoms with van der Waals surface area (Å²) in [6.45, 7) is 0. The minimum atomic E-state index is -0.540. The predicted octanol–water partition coefficient (Wildman–Crippen LogP) is 2.58. The van der Waals surface area contributed by atoms with Gasteiger partial charge in [-0.2, -0.15) is 11.8 Å². The van der Waals surface area contributed by atoms with E-state index in [1.807, 2.05) is 18.2 Å². The Hall–Kier alpha value is -0.720. The molecule has 1 aromatic carbocycles. The van der Waals surface area contributed by atoms with Crippen LogP contribution in [-0.2, 0) is 15.3 Å². The molecule has 0 aliphatic carbocycles. The van der Waals surface area contributed by atoms with Gasteiger partial charge in [0, 0.05) is 15.8 Å². The lowest BCUT2D eigenvalue weighted by molar-refractivity contribution is -0.142. The Kier molecular flexibility index (Phi) is 7.27. The van der Waals surface area contributed by atoms with E-state index in [1.54, 1.807) is 18.9 Å². The molecule has 2 N–H and O–H groups in total. The van der Waals surface area contributed by atoms with Crippen LogP contribution < -0.4 is 10.5 Å². The maximum atomic E-state index is 11.1. The van der Waals surface area contributed by atoms with Gasteiger partial charge in [-0.05, 0) is 30.4 Å². The molecule has 1 atom stereocenters. The molecule has 1 unspecified atom stereocenters. The monoisotopic (exact) mass is 347 g/mol. The Morgan fingerprint density at radius 1 is 1.47 bits per heavy atom. The van der Waals surface area contributed by atoms with E-state index in [-0.39, 0.29) is 5.97 Å². The van der Waals surface area contributed by atoms with Crippen LogP contribution in [0.15, 0.2) is 22.7 Å². The molecular weight excluding hydrogens is 330 g/mol. The van der Waals surface area contributed by atoms with E-state index in [1.165, 1.54) is 7.11 Å². The zero-order valence-corrected chi connectivity index (χ0v) is 13.4. The number of carbonyl (C=O) groups excluding carboxylic acids is 1. The maximum absolute atomic E-state index is 11.1. The minimum absolute atomic E-state index is 0.361. The first kappa shape index (κ1) is 16.3. The van der Waals surface area contributed by atoms with Gasteiger partial charge in [0.15, 0.2) is 0 Å². The van der Waals surface area contributed by atoms with Gasteiger partial charge < -0.3 is 15.2 Å². The molecule has 0 saturated heterocycles. The summed E-state index contributed by atoms with van der Waals surface area (Å²) >= 11 is 5.15. The summed E-state index contributed by atoms with van der Waals surface area (Å²) in [5.74, 6) is 2.12. The van der Waals surface area contributed by atoms with Crippen molar-refractivity contribution in [3.05, 3.63) is 28.2 Å². The molecule has 0 aliphatic rings. The van der Waals surface area contributed by atoms with E-state index in [4.69, 9.17) is 10.5 Å². The summed E-state index contributed by atoms with van der Waals surface area (Å²) in [6.07, 6.45) is 0.605. The fourth-order valence-electron chi connectivity index (χ4n) is 1.52. The third-order valence-corrected chi connectivity index (χ3v) is 4.11. The Morgan fingerprint density at radius 3 is 2.84 bits per heavy atom. The minimum Gasteiger partial charge on any atom is -0.496 e. The Bertz CT molecular complexity index is 428. The lowest BCUT2D eigenvalue weighted by Crippen LogP contribution is -2.31. The van der Waals surface area contributed by atoms with Crippen LogP contribution in [0.2, 0.25) is 0 Å². The van der Waals surface area contributed by atoms with E-state index >= 15 is 0 Å². The maximum Gasteiger partial charge on any atom is 0.322 e. The lowest BCUT2D eigenvalue weighted by atomic mass is 10.2. The molecule has 0 spiro atoms. The van der Waals surface area contributed by atoms with Crippen molar-refractivity contribution in [3.8, 4) is 5.75 Å². The second kappa shape index (κ2) is 8.45. The molecule has 0 aromatic heterocycles. The van der Waals surface area contributed by atoms with Crippen LogP contribution in [0.5, 0.6) is 5.75 Å². The molecule has 6 heteroatoms. The van der Waals surface area contributed by atoms with Crippen molar-refractivity contribution in [3.63, 3.8) is 0 Å². The molecule has 0 radical (unpaired) electrons. The number of nitrogens with two attached hydrogens (primary N) is 1. The fraction of sp³-hybridized carbons (Fsp3) is 0.462. The summed E-state index contributed by atoms with van der Waals surface area (Å²) in [5.41, 5.74) is 6.79. The van der Waals surface area contributed by atoms with Gasteiger partial charge in [-0.3, -0.25) is 4.79 Å². The highest BCUT2D eigenvalue weighted by Crippen LogP contribution is 2.27. The van der Waals surface area contributed by atoms with Crippen LogP contribution in [0.25, 0.3) is 0 Å². The summed E-state index contributed by atoms with van der Waals surface area (Å²) in [5, 5.41) is 0. The van der Waals surface area contributed by atoms with Gasteiger partial charge in [-0.15, -0.1) is 0 Å². The van der Waals surface area contributed by atoms with Gasteiger partial charge in [-0.1, -0.05) is 15.9 Å². The van der Waals surface area contributed by atoms with Crippen LogP contribution in [0.4, 0.5) is 0 Å². The van der Waals surface area contributed by atoms with Gasteiger partial charge >= 0.3 is 5.97 Å². The van der Waals surface area contributed by atoms with Crippen molar-refractivity contribution in [2.75, 3.05) is 20.0 Å². The molecule has 0 fully saturated rings. The number of halogens is 1. The van der Waals surface area contributed by atoms with Gasteiger partial charge in [0.1, 0.15) is 11.8 Å². The van der Waals surface area contributed by atoms with Gasteiger partial charge in [-0.25, -0.2) is 0 Å². The number of thioether (sulfide) groups is 1. The quantitative estimate of drug-likeness (QED) is 0.606. The van der Waals surface area contributed by atoms with Crippen LogP contribution in [-0.4, -0.2) is 32.0 Å². The van der Waals surface area contributed by atoms with Crippen LogP contribution in [0.3, 0.4) is 0 Å². The zero-order chi connectivity index (χ0) is 14.3. The topological polar surface area (TPSA) is 61.5 Å². The van der Waals surface area contributed by atoms with E-state index in [0.717, 1.165) is 27.3 Å². The summed E-state index contributed by atoms with van der Waals surface area (Å²) < 4.78 is 10.9. The lowest BCUT2D eigenvalue weighted by Gasteiger charge is -2.10. The van der Waals surface area contributed by atoms with Crippen LogP contribution in [0, 0.1) is 0 Å². The average Bonchev–Trinajstić information content (AvgIpc) is 2.42. The molecule has 0 heterocycles. The van der Waals surface area contributed by atoms with E-state index in [9.17, 15) is 4.79 Å². The second-order valence-electron chi connectivity index (χ2n) is 3.93. The highest BCUT2D eigenvalue weighted by molar-refractivity contribution is 9.10. The highest BCUT2D eigenvalue weighted by Gasteiger charge is 2.13. The molecular formula is C13H18BrNO3S. The number of carbonyl (C=O) groups is 1. The van der Waals surface area contributed by atoms with Crippen molar-refractivity contribution in [1.29, 1.82) is 0 Å². The summed E-state index contributed by atoms with van der Waals surface area (Å²) in [6, 6.07) is 5.37. The Morgan fingerprint density at radius 2 is 2.21 bits per heavy atom. The van der Waals surface area contributed by atoms with Crippen molar-refractivity contribution in [2.45, 2.75) is 18.2 Å². The van der Waals surface area contributed by atoms with E-state index in [0.29, 0.717) is 6.42 Å². The van der Waals surface area contributed by atoms with Gasteiger partial charge in [0.05, 0.1) is 14.2 Å². The van der Waals surface area contributed by atoms with E-state index < -0.39 is 6.04 Å². The molecule has 4 nitrogen and oxygen atoms in total. The van der Waals surface area contributed by atoms with E-state index in [2.05, 4.69) is 20.7 Å². The fourth-order valence-corrected chi connectivity index (χ4v) is 2.94. The number of hydrogen-bond donors (Lipinski definition) is 1. The average molecular weight is 348 g/mol. The standard InChI is InChI=1S/C13H18BrNO3S/c1-17-12-4-3-10(14)7-9(12)8-19-6-5-11(15)13(16)18-2/h3-4,7,11H,5-6,8,15H2,1-2H3. The highest BCUT2D eigenvalue weighted by atomic mass is 79.9. The van der Waals surface area contributed by atoms with Crippen molar-refractivity contribution in [2.24, 2.45) is 5.73 Å². The first-order valence-electron chi connectivity index (χ1n) is 5.82. The summed E-state index contributed by atoms with van der Waals surface area (Å²) in [4.78, 5) is 11.1. The van der Waals surface area contributed by atoms with Crippen molar-refractivity contribution < 1.29 is 14.3 Å². The molecule has 19 heavy (non-hydrogen) atoms. The second-order valence-corrected chi connectivity index (χ2v) is 5.95. The molecule has 106 valence electrons. The number of rotatable bonds is 7. The molecule has 0 amide bonds. The third-order valence-electron chi connectivity index (χ3n) is 2.58. The third kappa shape index (κ3) is 5.42. The zero-order valence-electron chi connectivity index (χ0n) is 11.0. The number of hydrogen-bond acceptors (Lipinski definition) is 5. The number of benzene rings is 1. The summed E-state index contributed by atoms with van der Waals surface area (Å²) in [7, 11) is 3.01. The normalized spacial score (nSPS) is 12.0. The number of esters is 1. The van der Waals surface area contributed by atoms with Crippen LogP contribution >= 0.6 is 27.7 Å². The Balaban J connectivity index is 2.41. The first-order valence-corrected chi connectivity index (χ1v) is 7.76.